The number of alkyl halides is 3. The second-order valence-electron chi connectivity index (χ2n) is 6.58. The fourth-order valence-electron chi connectivity index (χ4n) is 3.10. The molecule has 0 atom stereocenters. The van der Waals surface area contributed by atoms with E-state index in [1.165, 1.54) is 6.20 Å². The first-order valence-electron chi connectivity index (χ1n) is 9.17. The Bertz CT molecular complexity index is 1010. The Hall–Kier alpha value is -3.17. The van der Waals surface area contributed by atoms with Crippen LogP contribution in [0.4, 0.5) is 19.0 Å². The Balaban J connectivity index is 0.00000320. The van der Waals surface area contributed by atoms with E-state index in [1.54, 1.807) is 38.4 Å². The highest BCUT2D eigenvalue weighted by Gasteiger charge is 2.37. The van der Waals surface area contributed by atoms with Gasteiger partial charge in [-0.2, -0.15) is 13.2 Å². The van der Waals surface area contributed by atoms with Gasteiger partial charge in [0.15, 0.2) is 5.82 Å². The van der Waals surface area contributed by atoms with Crippen LogP contribution in [-0.2, 0) is 4.79 Å². The number of nitrogens with zero attached hydrogens (tertiary/aromatic N) is 3. The number of fused-ring (bicyclic) bond motifs is 1. The van der Waals surface area contributed by atoms with Gasteiger partial charge in [0.1, 0.15) is 23.5 Å². The molecule has 29 heavy (non-hydrogen) atoms. The summed E-state index contributed by atoms with van der Waals surface area (Å²) in [6.07, 6.45) is 1.02. The van der Waals surface area contributed by atoms with Crippen molar-refractivity contribution in [2.75, 3.05) is 11.9 Å². The molecule has 3 heterocycles. The summed E-state index contributed by atoms with van der Waals surface area (Å²) < 4.78 is 37.5. The van der Waals surface area contributed by atoms with Crippen LogP contribution in [0.25, 0.3) is 22.4 Å². The molecule has 0 spiro atoms. The van der Waals surface area contributed by atoms with Crippen LogP contribution in [0.2, 0.25) is 0 Å². The average Bonchev–Trinajstić information content (AvgIpc) is 3.14. The third-order valence-corrected chi connectivity index (χ3v) is 4.81. The van der Waals surface area contributed by atoms with Crippen LogP contribution in [0.5, 0.6) is 0 Å². The molecule has 7 nitrogen and oxygen atoms in total. The maximum atomic E-state index is 12.5. The molecule has 0 saturated carbocycles. The number of hydrogen-bond acceptors (Lipinski definition) is 5. The summed E-state index contributed by atoms with van der Waals surface area (Å²) in [6.45, 7) is 2.08. The number of pyridine rings is 1. The zero-order valence-corrected chi connectivity index (χ0v) is 16.0. The topological polar surface area (TPSA) is 95.6 Å². The average molecular weight is 412 g/mol. The first-order valence-corrected chi connectivity index (χ1v) is 9.17. The molecule has 0 bridgehead atoms. The van der Waals surface area contributed by atoms with Crippen LogP contribution in [0.1, 0.15) is 31.0 Å². The van der Waals surface area contributed by atoms with Gasteiger partial charge >= 0.3 is 6.18 Å². The van der Waals surface area contributed by atoms with Gasteiger partial charge in [-0.1, -0.05) is 13.8 Å². The molecular formula is C19H27F3N6O. The Kier molecular flexibility index (Phi) is 5.71. The summed E-state index contributed by atoms with van der Waals surface area (Å²) in [5.41, 5.74) is 0.197. The number of anilines is 1. The molecule has 3 aromatic rings. The zero-order valence-electron chi connectivity index (χ0n) is 16.0. The fourth-order valence-corrected chi connectivity index (χ4v) is 3.10. The Morgan fingerprint density at radius 2 is 1.93 bits per heavy atom. The summed E-state index contributed by atoms with van der Waals surface area (Å²) >= 11 is 0. The van der Waals surface area contributed by atoms with Crippen molar-refractivity contribution in [1.82, 2.24) is 25.3 Å². The minimum atomic E-state index is -4.48. The molecular weight excluding hydrogens is 385 g/mol. The number of aromatic nitrogens is 4. The number of carbonyl (C=O) groups is 1. The van der Waals surface area contributed by atoms with E-state index < -0.39 is 24.2 Å². The van der Waals surface area contributed by atoms with Gasteiger partial charge < -0.3 is 15.6 Å². The third-order valence-electron chi connectivity index (χ3n) is 4.81. The minimum absolute atomic E-state index is 0. The SMILES string of the molecule is CCC(CC)(Nc1ccnc(-c2c[nH]c3ncccc23)n1)C(=O)NCC(F)(F)F.[HH].[HH].[HH]. The van der Waals surface area contributed by atoms with Gasteiger partial charge in [0, 0.05) is 33.8 Å². The van der Waals surface area contributed by atoms with Crippen molar-refractivity contribution >= 4 is 22.8 Å². The smallest absolute Gasteiger partial charge is 0.356 e. The lowest BCUT2D eigenvalue weighted by Gasteiger charge is -2.32. The van der Waals surface area contributed by atoms with Crippen LogP contribution >= 0.6 is 0 Å². The van der Waals surface area contributed by atoms with Gasteiger partial charge in [0.05, 0.1) is 0 Å². The van der Waals surface area contributed by atoms with Crippen molar-refractivity contribution < 1.29 is 22.2 Å². The van der Waals surface area contributed by atoms with Crippen molar-refractivity contribution in [3.63, 3.8) is 0 Å². The van der Waals surface area contributed by atoms with Gasteiger partial charge in [0.2, 0.25) is 5.91 Å². The Morgan fingerprint density at radius 3 is 2.62 bits per heavy atom. The van der Waals surface area contributed by atoms with Gasteiger partial charge in [-0.25, -0.2) is 15.0 Å². The number of carbonyl (C=O) groups excluding carboxylic acids is 1. The molecule has 0 aliphatic rings. The molecule has 0 aromatic carbocycles. The summed E-state index contributed by atoms with van der Waals surface area (Å²) in [6, 6.07) is 5.25. The Labute approximate surface area is 169 Å². The highest BCUT2D eigenvalue weighted by Crippen LogP contribution is 2.27. The first kappa shape index (κ1) is 20.6. The molecule has 0 saturated heterocycles. The summed E-state index contributed by atoms with van der Waals surface area (Å²) in [5, 5.41) is 5.83. The Morgan fingerprint density at radius 1 is 1.17 bits per heavy atom. The van der Waals surface area contributed by atoms with Crippen molar-refractivity contribution in [3.05, 3.63) is 36.8 Å². The zero-order chi connectivity index (χ0) is 21.1. The number of H-pyrrole nitrogens is 1. The van der Waals surface area contributed by atoms with Gasteiger partial charge in [-0.3, -0.25) is 4.79 Å². The van der Waals surface area contributed by atoms with Gasteiger partial charge in [-0.05, 0) is 31.0 Å². The third kappa shape index (κ3) is 4.47. The lowest BCUT2D eigenvalue weighted by molar-refractivity contribution is -0.141. The first-order chi connectivity index (χ1) is 13.8. The predicted molar refractivity (Wildman–Crippen MR) is 109 cm³/mol. The standard InChI is InChI=1S/C19H21F3N6O.3H2/c1-3-18(4-2,17(29)26-11-19(20,21)22)28-14-7-9-24-16(27-14)13-10-25-15-12(13)6-5-8-23-15;;;/h5-10H,3-4,11H2,1-2H3,(H,23,25)(H,26,29)(H,24,27,28);3*1H. The van der Waals surface area contributed by atoms with E-state index in [0.29, 0.717) is 17.3 Å². The minimum Gasteiger partial charge on any atom is -0.356 e. The maximum Gasteiger partial charge on any atom is 0.405 e. The second kappa shape index (κ2) is 8.06. The molecule has 0 fully saturated rings. The molecule has 0 radical (unpaired) electrons. The van der Waals surface area contributed by atoms with Gasteiger partial charge in [-0.15, -0.1) is 0 Å². The largest absolute Gasteiger partial charge is 0.405 e. The molecule has 3 aromatic heterocycles. The highest BCUT2D eigenvalue weighted by molar-refractivity contribution is 5.92. The van der Waals surface area contributed by atoms with Crippen LogP contribution in [0.3, 0.4) is 0 Å². The normalized spacial score (nSPS) is 12.2. The molecule has 3 N–H and O–H groups in total. The second-order valence-corrected chi connectivity index (χ2v) is 6.58. The summed E-state index contributed by atoms with van der Waals surface area (Å²) in [7, 11) is 0. The molecule has 0 unspecified atom stereocenters. The van der Waals surface area contributed by atoms with E-state index in [1.807, 2.05) is 11.4 Å². The number of hydrogen-bond donors (Lipinski definition) is 3. The van der Waals surface area contributed by atoms with Crippen molar-refractivity contribution in [3.8, 4) is 11.4 Å². The van der Waals surface area contributed by atoms with Crippen LogP contribution < -0.4 is 10.6 Å². The maximum absolute atomic E-state index is 12.5. The lowest BCUT2D eigenvalue weighted by Crippen LogP contribution is -2.53. The van der Waals surface area contributed by atoms with Crippen LogP contribution in [0, 0.1) is 0 Å². The highest BCUT2D eigenvalue weighted by atomic mass is 19.4. The quantitative estimate of drug-likeness (QED) is 0.534. The molecule has 3 rings (SSSR count). The van der Waals surface area contributed by atoms with E-state index in [0.717, 1.165) is 10.9 Å². The van der Waals surface area contributed by atoms with Crippen molar-refractivity contribution in [1.29, 1.82) is 0 Å². The lowest BCUT2D eigenvalue weighted by atomic mass is 9.91. The fraction of sp³-hybridized carbons (Fsp3) is 0.368. The number of aromatic amines is 1. The summed E-state index contributed by atoms with van der Waals surface area (Å²) in [5.74, 6) is 0.0291. The van der Waals surface area contributed by atoms with Gasteiger partial charge in [0.25, 0.3) is 0 Å². The monoisotopic (exact) mass is 412 g/mol. The van der Waals surface area contributed by atoms with Crippen molar-refractivity contribution in [2.45, 2.75) is 38.4 Å². The molecule has 1 amide bonds. The van der Waals surface area contributed by atoms with E-state index in [-0.39, 0.29) is 17.1 Å². The van der Waals surface area contributed by atoms with E-state index >= 15 is 0 Å². The van der Waals surface area contributed by atoms with Crippen LogP contribution in [0.15, 0.2) is 36.8 Å². The number of nitrogens with one attached hydrogen (secondary N) is 3. The van der Waals surface area contributed by atoms with E-state index in [4.69, 9.17) is 0 Å². The molecule has 0 aliphatic carbocycles. The molecule has 10 heteroatoms. The number of amides is 1. The number of rotatable bonds is 7. The van der Waals surface area contributed by atoms with Crippen LogP contribution in [-0.4, -0.2) is 44.1 Å². The predicted octanol–water partition coefficient (Wildman–Crippen LogP) is 4.41. The van der Waals surface area contributed by atoms with E-state index in [9.17, 15) is 18.0 Å². The number of halogens is 3. The summed E-state index contributed by atoms with van der Waals surface area (Å²) in [4.78, 5) is 28.6. The van der Waals surface area contributed by atoms with Crippen molar-refractivity contribution in [2.24, 2.45) is 0 Å². The molecule has 160 valence electrons. The van der Waals surface area contributed by atoms with E-state index in [2.05, 4.69) is 25.3 Å². The molecule has 0 aliphatic heterocycles.